The van der Waals surface area contributed by atoms with E-state index < -0.39 is 0 Å². The number of carbonyl (C=O) groups excluding carboxylic acids is 1. The average molecular weight is 332 g/mol. The molecule has 3 heterocycles. The first-order valence-corrected chi connectivity index (χ1v) is 6.56. The molecule has 0 bridgehead atoms. The summed E-state index contributed by atoms with van der Waals surface area (Å²) < 4.78 is 1.90. The van der Waals surface area contributed by atoms with Crippen LogP contribution in [0.4, 0.5) is 0 Å². The number of nitrogens with zero attached hydrogens (tertiary/aromatic N) is 3. The van der Waals surface area contributed by atoms with Gasteiger partial charge in [0.2, 0.25) is 5.91 Å². The highest BCUT2D eigenvalue weighted by Gasteiger charge is 2.24. The van der Waals surface area contributed by atoms with Crippen LogP contribution in [0.15, 0.2) is 24.4 Å². The fraction of sp³-hybridized carbons (Fsp3) is 0.462. The van der Waals surface area contributed by atoms with Crippen molar-refractivity contribution in [3.63, 3.8) is 0 Å². The minimum atomic E-state index is -0.148. The predicted octanol–water partition coefficient (Wildman–Crippen LogP) is 1.36. The third-order valence-electron chi connectivity index (χ3n) is 3.52. The van der Waals surface area contributed by atoms with Crippen LogP contribution < -0.4 is 10.6 Å². The zero-order valence-electron chi connectivity index (χ0n) is 11.7. The van der Waals surface area contributed by atoms with Crippen molar-refractivity contribution >= 4 is 36.4 Å². The molecule has 8 heteroatoms. The smallest absolute Gasteiger partial charge is 0.225 e. The molecule has 1 fully saturated rings. The van der Waals surface area contributed by atoms with E-state index in [0.717, 1.165) is 31.0 Å². The van der Waals surface area contributed by atoms with Gasteiger partial charge < -0.3 is 10.6 Å². The second-order valence-electron chi connectivity index (χ2n) is 4.91. The molecular formula is C13H19Cl2N5O. The molecule has 1 amide bonds. The lowest BCUT2D eigenvalue weighted by Crippen LogP contribution is -2.34. The van der Waals surface area contributed by atoms with E-state index >= 15 is 0 Å². The summed E-state index contributed by atoms with van der Waals surface area (Å²) in [4.78, 5) is 12.1. The predicted molar refractivity (Wildman–Crippen MR) is 85.0 cm³/mol. The normalized spacial score (nSPS) is 18.6. The molecule has 0 radical (unpaired) electrons. The Morgan fingerprint density at radius 1 is 1.43 bits per heavy atom. The maximum absolute atomic E-state index is 12.1. The second kappa shape index (κ2) is 7.59. The Labute approximate surface area is 135 Å². The van der Waals surface area contributed by atoms with Gasteiger partial charge in [0.05, 0.1) is 12.0 Å². The number of carbonyl (C=O) groups is 1. The lowest BCUT2D eigenvalue weighted by atomic mass is 10.1. The number of fused-ring (bicyclic) bond motifs is 1. The van der Waals surface area contributed by atoms with Gasteiger partial charge in [-0.05, 0) is 32.0 Å². The van der Waals surface area contributed by atoms with Crippen molar-refractivity contribution in [3.8, 4) is 0 Å². The molecule has 2 aromatic heterocycles. The standard InChI is InChI=1S/C13H17N5O.2ClH/c1-9(15-13(19)10-5-6-14-8-10)12-17-16-11-4-2-3-7-18(11)12;;/h2-4,7,9-10,14H,5-6,8H2,1H3,(H,15,19);2*1H. The lowest BCUT2D eigenvalue weighted by Gasteiger charge is -2.15. The highest BCUT2D eigenvalue weighted by Crippen LogP contribution is 2.14. The van der Waals surface area contributed by atoms with Crippen molar-refractivity contribution in [3.05, 3.63) is 30.2 Å². The Balaban J connectivity index is 0.00000110. The molecule has 116 valence electrons. The van der Waals surface area contributed by atoms with E-state index in [-0.39, 0.29) is 42.7 Å². The summed E-state index contributed by atoms with van der Waals surface area (Å²) in [5.74, 6) is 0.918. The van der Waals surface area contributed by atoms with Crippen LogP contribution >= 0.6 is 24.8 Å². The van der Waals surface area contributed by atoms with Crippen molar-refractivity contribution < 1.29 is 4.79 Å². The number of hydrogen-bond acceptors (Lipinski definition) is 4. The summed E-state index contributed by atoms with van der Waals surface area (Å²) in [6.07, 6.45) is 2.81. The van der Waals surface area contributed by atoms with Gasteiger partial charge in [-0.15, -0.1) is 35.0 Å². The van der Waals surface area contributed by atoms with E-state index in [4.69, 9.17) is 0 Å². The summed E-state index contributed by atoms with van der Waals surface area (Å²) in [5.41, 5.74) is 0.793. The van der Waals surface area contributed by atoms with E-state index in [1.165, 1.54) is 0 Å². The Morgan fingerprint density at radius 2 is 2.24 bits per heavy atom. The molecule has 2 aromatic rings. The monoisotopic (exact) mass is 331 g/mol. The molecule has 1 saturated heterocycles. The van der Waals surface area contributed by atoms with Crippen LogP contribution in [0, 0.1) is 5.92 Å². The van der Waals surface area contributed by atoms with Crippen LogP contribution in [0.5, 0.6) is 0 Å². The van der Waals surface area contributed by atoms with Gasteiger partial charge in [-0.2, -0.15) is 0 Å². The Hall–Kier alpha value is -1.37. The zero-order valence-corrected chi connectivity index (χ0v) is 13.3. The average Bonchev–Trinajstić information content (AvgIpc) is 3.08. The summed E-state index contributed by atoms with van der Waals surface area (Å²) in [5, 5.41) is 14.5. The highest BCUT2D eigenvalue weighted by atomic mass is 35.5. The molecule has 3 rings (SSSR count). The van der Waals surface area contributed by atoms with Gasteiger partial charge in [-0.25, -0.2) is 0 Å². The fourth-order valence-electron chi connectivity index (χ4n) is 2.43. The van der Waals surface area contributed by atoms with Gasteiger partial charge in [0, 0.05) is 12.7 Å². The summed E-state index contributed by atoms with van der Waals surface area (Å²) >= 11 is 0. The van der Waals surface area contributed by atoms with E-state index in [1.807, 2.05) is 35.7 Å². The van der Waals surface area contributed by atoms with Crippen LogP contribution in [0.25, 0.3) is 5.65 Å². The molecule has 2 atom stereocenters. The number of nitrogens with one attached hydrogen (secondary N) is 2. The van der Waals surface area contributed by atoms with E-state index in [0.29, 0.717) is 0 Å². The van der Waals surface area contributed by atoms with Crippen molar-refractivity contribution in [2.75, 3.05) is 13.1 Å². The largest absolute Gasteiger partial charge is 0.346 e. The lowest BCUT2D eigenvalue weighted by molar-refractivity contribution is -0.125. The van der Waals surface area contributed by atoms with Crippen molar-refractivity contribution in [2.24, 2.45) is 5.92 Å². The highest BCUT2D eigenvalue weighted by molar-refractivity contribution is 5.85. The molecule has 2 unspecified atom stereocenters. The number of aromatic nitrogens is 3. The Bertz CT molecular complexity index is 597. The van der Waals surface area contributed by atoms with Gasteiger partial charge in [-0.3, -0.25) is 9.20 Å². The van der Waals surface area contributed by atoms with E-state index in [1.54, 1.807) is 0 Å². The molecule has 0 aliphatic carbocycles. The SMILES string of the molecule is CC(NC(=O)C1CCNC1)c1nnc2ccccn12.Cl.Cl. The van der Waals surface area contributed by atoms with Gasteiger partial charge >= 0.3 is 0 Å². The molecule has 1 aliphatic heterocycles. The van der Waals surface area contributed by atoms with E-state index in [2.05, 4.69) is 20.8 Å². The number of rotatable bonds is 3. The minimum absolute atomic E-state index is 0. The van der Waals surface area contributed by atoms with Crippen molar-refractivity contribution in [1.29, 1.82) is 0 Å². The van der Waals surface area contributed by atoms with Gasteiger partial charge in [-0.1, -0.05) is 6.07 Å². The number of amides is 1. The quantitative estimate of drug-likeness (QED) is 0.890. The summed E-state index contributed by atoms with van der Waals surface area (Å²) in [7, 11) is 0. The summed E-state index contributed by atoms with van der Waals surface area (Å²) in [6.45, 7) is 3.61. The topological polar surface area (TPSA) is 71.3 Å². The van der Waals surface area contributed by atoms with Crippen LogP contribution in [0.1, 0.15) is 25.2 Å². The maximum Gasteiger partial charge on any atom is 0.225 e. The summed E-state index contributed by atoms with van der Waals surface area (Å²) in [6, 6.07) is 5.59. The first-order valence-electron chi connectivity index (χ1n) is 6.56. The van der Waals surface area contributed by atoms with Crippen LogP contribution in [0.2, 0.25) is 0 Å². The van der Waals surface area contributed by atoms with Crippen LogP contribution in [-0.2, 0) is 4.79 Å². The molecule has 0 saturated carbocycles. The van der Waals surface area contributed by atoms with Gasteiger partial charge in [0.1, 0.15) is 0 Å². The molecule has 0 spiro atoms. The first kappa shape index (κ1) is 17.7. The molecule has 1 aliphatic rings. The van der Waals surface area contributed by atoms with Crippen molar-refractivity contribution in [1.82, 2.24) is 25.2 Å². The van der Waals surface area contributed by atoms with Gasteiger partial charge in [0.15, 0.2) is 11.5 Å². The second-order valence-corrected chi connectivity index (χ2v) is 4.91. The number of hydrogen-bond donors (Lipinski definition) is 2. The molecule has 0 aromatic carbocycles. The molecule has 6 nitrogen and oxygen atoms in total. The van der Waals surface area contributed by atoms with Gasteiger partial charge in [0.25, 0.3) is 0 Å². The van der Waals surface area contributed by atoms with Crippen LogP contribution in [-0.4, -0.2) is 33.6 Å². The Morgan fingerprint density at radius 3 is 2.95 bits per heavy atom. The third-order valence-corrected chi connectivity index (χ3v) is 3.52. The zero-order chi connectivity index (χ0) is 13.2. The van der Waals surface area contributed by atoms with Crippen molar-refractivity contribution in [2.45, 2.75) is 19.4 Å². The molecule has 2 N–H and O–H groups in total. The number of halogens is 2. The van der Waals surface area contributed by atoms with E-state index in [9.17, 15) is 4.79 Å². The Kier molecular flexibility index (Phi) is 6.39. The molecular weight excluding hydrogens is 313 g/mol. The number of pyridine rings is 1. The van der Waals surface area contributed by atoms with Crippen LogP contribution in [0.3, 0.4) is 0 Å². The molecule has 21 heavy (non-hydrogen) atoms. The minimum Gasteiger partial charge on any atom is -0.346 e. The maximum atomic E-state index is 12.1. The third kappa shape index (κ3) is 3.64. The first-order chi connectivity index (χ1) is 9.25. The fourth-order valence-corrected chi connectivity index (χ4v) is 2.43.